The number of allylic oxidation sites excluding steroid dienone is 2. The van der Waals surface area contributed by atoms with Crippen molar-refractivity contribution in [3.8, 4) is 0 Å². The van der Waals surface area contributed by atoms with Crippen LogP contribution in [0.3, 0.4) is 0 Å². The first-order chi connectivity index (χ1) is 35.5. The summed E-state index contributed by atoms with van der Waals surface area (Å²) in [6, 6.07) is -0.550. The molecule has 0 radical (unpaired) electrons. The second-order valence-electron chi connectivity index (χ2n) is 22.8. The highest BCUT2D eigenvalue weighted by Crippen LogP contribution is 2.19. The monoisotopic (exact) mass is 1020 g/mol. The van der Waals surface area contributed by atoms with Gasteiger partial charge in [0.1, 0.15) is 0 Å². The Morgan fingerprint density at radius 2 is 0.653 bits per heavy atom. The summed E-state index contributed by atoms with van der Waals surface area (Å²) in [6.45, 7) is 4.96. The van der Waals surface area contributed by atoms with Gasteiger partial charge >= 0.3 is 5.97 Å². The molecule has 0 saturated carbocycles. The number of unbranched alkanes of at least 4 members (excludes halogenated alkanes) is 49. The fourth-order valence-corrected chi connectivity index (χ4v) is 10.5. The molecule has 3 N–H and O–H groups in total. The van der Waals surface area contributed by atoms with Crippen molar-refractivity contribution in [2.45, 2.75) is 386 Å². The number of hydrogen-bond donors (Lipinski definition) is 3. The Labute approximate surface area is 450 Å². The molecule has 0 aliphatic rings. The summed E-state index contributed by atoms with van der Waals surface area (Å²) in [5, 5.41) is 23.4. The number of carbonyl (C=O) groups excluding carboxylic acids is 2. The maximum atomic E-state index is 12.5. The molecule has 0 fully saturated rings. The molecule has 0 saturated heterocycles. The van der Waals surface area contributed by atoms with Crippen LogP contribution in [-0.2, 0) is 14.3 Å². The van der Waals surface area contributed by atoms with E-state index in [1.54, 1.807) is 0 Å². The number of amides is 1. The third kappa shape index (κ3) is 57.9. The molecule has 2 atom stereocenters. The zero-order valence-electron chi connectivity index (χ0n) is 48.9. The van der Waals surface area contributed by atoms with Gasteiger partial charge in [-0.3, -0.25) is 9.59 Å². The second kappa shape index (κ2) is 62.1. The maximum absolute atomic E-state index is 12.5. The SMILES string of the molecule is CCCCCCCC/C=C\CCCCCCCCCCCC(=O)OCCCCCCCCCCCCCCCCC(=O)NC(CO)C(O)CCCCCCCCCCCCCCCCCCCCCCCC. The van der Waals surface area contributed by atoms with E-state index in [1.165, 1.54) is 289 Å². The molecule has 0 rings (SSSR count). The van der Waals surface area contributed by atoms with Crippen LogP contribution in [0.4, 0.5) is 0 Å². The Balaban J connectivity index is 3.41. The first-order valence-electron chi connectivity index (χ1n) is 32.9. The zero-order valence-corrected chi connectivity index (χ0v) is 48.9. The van der Waals surface area contributed by atoms with Gasteiger partial charge in [-0.2, -0.15) is 0 Å². The number of rotatable bonds is 62. The summed E-state index contributed by atoms with van der Waals surface area (Å²) in [7, 11) is 0. The zero-order chi connectivity index (χ0) is 52.2. The molecule has 72 heavy (non-hydrogen) atoms. The van der Waals surface area contributed by atoms with Gasteiger partial charge in [0, 0.05) is 12.8 Å². The lowest BCUT2D eigenvalue weighted by atomic mass is 10.0. The van der Waals surface area contributed by atoms with Gasteiger partial charge in [0.15, 0.2) is 0 Å². The highest BCUT2D eigenvalue weighted by atomic mass is 16.5. The number of esters is 1. The van der Waals surface area contributed by atoms with Crippen molar-refractivity contribution in [2.24, 2.45) is 0 Å². The van der Waals surface area contributed by atoms with Crippen LogP contribution in [-0.4, -0.2) is 47.4 Å². The third-order valence-electron chi connectivity index (χ3n) is 15.6. The van der Waals surface area contributed by atoms with Crippen molar-refractivity contribution >= 4 is 11.9 Å². The minimum absolute atomic E-state index is 0.00107. The lowest BCUT2D eigenvalue weighted by Crippen LogP contribution is -2.45. The fraction of sp³-hybridized carbons (Fsp3) is 0.939. The summed E-state index contributed by atoms with van der Waals surface area (Å²) < 4.78 is 5.50. The van der Waals surface area contributed by atoms with Crippen molar-refractivity contribution in [3.63, 3.8) is 0 Å². The average Bonchev–Trinajstić information content (AvgIpc) is 3.38. The van der Waals surface area contributed by atoms with Crippen LogP contribution < -0.4 is 5.32 Å². The first-order valence-corrected chi connectivity index (χ1v) is 32.9. The van der Waals surface area contributed by atoms with Crippen LogP contribution in [0.15, 0.2) is 12.2 Å². The number of nitrogens with one attached hydrogen (secondary N) is 1. The number of hydrogen-bond acceptors (Lipinski definition) is 5. The smallest absolute Gasteiger partial charge is 0.305 e. The molecule has 6 heteroatoms. The van der Waals surface area contributed by atoms with Gasteiger partial charge in [0.05, 0.1) is 25.4 Å². The van der Waals surface area contributed by atoms with Gasteiger partial charge in [-0.1, -0.05) is 321 Å². The molecule has 0 heterocycles. The molecule has 0 spiro atoms. The highest BCUT2D eigenvalue weighted by Gasteiger charge is 2.20. The van der Waals surface area contributed by atoms with E-state index in [4.69, 9.17) is 4.74 Å². The van der Waals surface area contributed by atoms with E-state index in [2.05, 4.69) is 31.3 Å². The van der Waals surface area contributed by atoms with Crippen molar-refractivity contribution in [1.82, 2.24) is 5.32 Å². The molecular weight excluding hydrogens is 887 g/mol. The molecule has 0 aliphatic heterocycles. The van der Waals surface area contributed by atoms with Crippen LogP contribution >= 0.6 is 0 Å². The fourth-order valence-electron chi connectivity index (χ4n) is 10.5. The Morgan fingerprint density at radius 1 is 0.375 bits per heavy atom. The highest BCUT2D eigenvalue weighted by molar-refractivity contribution is 5.76. The van der Waals surface area contributed by atoms with E-state index < -0.39 is 12.1 Å². The van der Waals surface area contributed by atoms with Crippen molar-refractivity contribution < 1.29 is 24.5 Å². The minimum atomic E-state index is -0.672. The van der Waals surface area contributed by atoms with Gasteiger partial charge in [-0.05, 0) is 51.4 Å². The third-order valence-corrected chi connectivity index (χ3v) is 15.6. The summed E-state index contributed by atoms with van der Waals surface area (Å²) in [5.41, 5.74) is 0. The van der Waals surface area contributed by atoms with Gasteiger partial charge in [0.2, 0.25) is 5.91 Å². The van der Waals surface area contributed by atoms with Crippen molar-refractivity contribution in [1.29, 1.82) is 0 Å². The Morgan fingerprint density at radius 3 is 0.986 bits per heavy atom. The standard InChI is InChI=1S/C66H129NO5/c1-3-5-7-9-11-13-15-17-19-21-23-24-25-27-28-30-34-38-42-46-50-54-58-64(69)63(62-68)67-65(70)59-55-51-47-43-39-35-32-33-37-41-45-49-53-57-61-72-66(71)60-56-52-48-44-40-36-31-29-26-22-20-18-16-14-12-10-8-6-4-2/h18,20,63-64,68-69H,3-17,19,21-62H2,1-2H3,(H,67,70)/b20-18-. The number of ether oxygens (including phenoxy) is 1. The first kappa shape index (κ1) is 70.6. The van der Waals surface area contributed by atoms with E-state index in [9.17, 15) is 19.8 Å². The Kier molecular flexibility index (Phi) is 60.9. The van der Waals surface area contributed by atoms with Crippen LogP contribution in [0, 0.1) is 0 Å². The summed E-state index contributed by atoms with van der Waals surface area (Å²) in [5.74, 6) is -0.0420. The average molecular weight is 1020 g/mol. The van der Waals surface area contributed by atoms with Gasteiger partial charge in [0.25, 0.3) is 0 Å². The Bertz CT molecular complexity index is 1080. The summed E-state index contributed by atoms with van der Waals surface area (Å²) in [6.07, 6.45) is 75.1. The van der Waals surface area contributed by atoms with Crippen molar-refractivity contribution in [3.05, 3.63) is 12.2 Å². The van der Waals surface area contributed by atoms with Crippen molar-refractivity contribution in [2.75, 3.05) is 13.2 Å². The predicted octanol–water partition coefficient (Wildman–Crippen LogP) is 20.8. The molecule has 6 nitrogen and oxygen atoms in total. The molecular formula is C66H129NO5. The lowest BCUT2D eigenvalue weighted by molar-refractivity contribution is -0.143. The minimum Gasteiger partial charge on any atom is -0.466 e. The summed E-state index contributed by atoms with van der Waals surface area (Å²) >= 11 is 0. The van der Waals surface area contributed by atoms with Crippen LogP contribution in [0.25, 0.3) is 0 Å². The molecule has 0 aromatic heterocycles. The number of aliphatic hydroxyl groups excluding tert-OH is 2. The molecule has 1 amide bonds. The summed E-state index contributed by atoms with van der Waals surface area (Å²) in [4.78, 5) is 24.6. The molecule has 0 aliphatic carbocycles. The van der Waals surface area contributed by atoms with E-state index in [0.29, 0.717) is 25.9 Å². The van der Waals surface area contributed by atoms with Crippen LogP contribution in [0.5, 0.6) is 0 Å². The lowest BCUT2D eigenvalue weighted by Gasteiger charge is -2.22. The maximum Gasteiger partial charge on any atom is 0.305 e. The van der Waals surface area contributed by atoms with E-state index in [-0.39, 0.29) is 18.5 Å². The topological polar surface area (TPSA) is 95.9 Å². The van der Waals surface area contributed by atoms with Crippen LogP contribution in [0.1, 0.15) is 373 Å². The van der Waals surface area contributed by atoms with Gasteiger partial charge in [-0.15, -0.1) is 0 Å². The van der Waals surface area contributed by atoms with Gasteiger partial charge in [-0.25, -0.2) is 0 Å². The molecule has 0 bridgehead atoms. The molecule has 0 aromatic carbocycles. The Hall–Kier alpha value is -1.40. The van der Waals surface area contributed by atoms with E-state index >= 15 is 0 Å². The normalized spacial score (nSPS) is 12.6. The second-order valence-corrected chi connectivity index (χ2v) is 22.8. The number of aliphatic hydroxyl groups is 2. The molecule has 0 aromatic rings. The molecule has 2 unspecified atom stereocenters. The van der Waals surface area contributed by atoms with E-state index in [1.807, 2.05) is 0 Å². The van der Waals surface area contributed by atoms with E-state index in [0.717, 1.165) is 51.4 Å². The molecule has 428 valence electrons. The predicted molar refractivity (Wildman–Crippen MR) is 315 cm³/mol. The quantitative estimate of drug-likeness (QED) is 0.0320. The van der Waals surface area contributed by atoms with Gasteiger partial charge < -0.3 is 20.3 Å². The van der Waals surface area contributed by atoms with Crippen LogP contribution in [0.2, 0.25) is 0 Å². The number of carbonyl (C=O) groups is 2. The largest absolute Gasteiger partial charge is 0.466 e.